The van der Waals surface area contributed by atoms with Crippen LogP contribution in [-0.4, -0.2) is 41.6 Å². The molecule has 2 atom stereocenters. The van der Waals surface area contributed by atoms with Crippen molar-refractivity contribution < 1.29 is 9.53 Å². The number of nitrogens with zero attached hydrogens (tertiary/aromatic N) is 2. The van der Waals surface area contributed by atoms with E-state index in [1.165, 1.54) is 30.7 Å². The van der Waals surface area contributed by atoms with Crippen LogP contribution in [0.25, 0.3) is 10.6 Å². The predicted octanol–water partition coefficient (Wildman–Crippen LogP) is 3.31. The molecule has 0 amide bonds. The van der Waals surface area contributed by atoms with Gasteiger partial charge in [0.25, 0.3) is 0 Å². The summed E-state index contributed by atoms with van der Waals surface area (Å²) >= 11 is 1.47. The molecule has 5 heteroatoms. The van der Waals surface area contributed by atoms with E-state index < -0.39 is 0 Å². The summed E-state index contributed by atoms with van der Waals surface area (Å²) in [5.74, 6) is 1.75. The van der Waals surface area contributed by atoms with Crippen molar-refractivity contribution >= 4 is 17.3 Å². The number of rotatable bonds is 3. The molecule has 0 N–H and O–H groups in total. The molecule has 4 bridgehead atoms. The number of piperidine rings is 3. The lowest BCUT2D eigenvalue weighted by Crippen LogP contribution is -2.60. The van der Waals surface area contributed by atoms with Crippen LogP contribution >= 0.6 is 11.3 Å². The van der Waals surface area contributed by atoms with Crippen molar-refractivity contribution in [2.24, 2.45) is 17.8 Å². The van der Waals surface area contributed by atoms with Crippen molar-refractivity contribution in [3.63, 3.8) is 0 Å². The maximum absolute atomic E-state index is 12.6. The van der Waals surface area contributed by atoms with E-state index in [1.54, 1.807) is 6.20 Å². The summed E-state index contributed by atoms with van der Waals surface area (Å²) in [6.07, 6.45) is 4.35. The fourth-order valence-electron chi connectivity index (χ4n) is 4.83. The number of pyridine rings is 1. The summed E-state index contributed by atoms with van der Waals surface area (Å²) in [5.41, 5.74) is 0.906. The number of thiophene rings is 1. The molecular formula is C19H20N2O2S. The summed E-state index contributed by atoms with van der Waals surface area (Å²) in [6.45, 7) is 3.47. The lowest BCUT2D eigenvalue weighted by Gasteiger charge is -2.55. The highest BCUT2D eigenvalue weighted by molar-refractivity contribution is 7.17. The number of aromatic nitrogens is 1. The number of hydrogen-bond acceptors (Lipinski definition) is 5. The van der Waals surface area contributed by atoms with Gasteiger partial charge in [-0.3, -0.25) is 4.98 Å². The van der Waals surface area contributed by atoms with Gasteiger partial charge in [0.15, 0.2) is 0 Å². The fraction of sp³-hybridized carbons (Fsp3) is 0.474. The first-order chi connectivity index (χ1) is 11.8. The smallest absolute Gasteiger partial charge is 0.348 e. The maximum Gasteiger partial charge on any atom is 0.348 e. The van der Waals surface area contributed by atoms with E-state index in [1.807, 2.05) is 30.3 Å². The summed E-state index contributed by atoms with van der Waals surface area (Å²) in [7, 11) is 0. The molecule has 6 rings (SSSR count). The average Bonchev–Trinajstić information content (AvgIpc) is 3.08. The van der Waals surface area contributed by atoms with Crippen LogP contribution in [0, 0.1) is 17.8 Å². The van der Waals surface area contributed by atoms with Crippen molar-refractivity contribution in [1.82, 2.24) is 9.88 Å². The molecule has 1 saturated carbocycles. The van der Waals surface area contributed by atoms with Gasteiger partial charge in [0.2, 0.25) is 0 Å². The normalized spacial score (nSPS) is 33.6. The number of hydrogen-bond donors (Lipinski definition) is 0. The fourth-order valence-corrected chi connectivity index (χ4v) is 5.70. The van der Waals surface area contributed by atoms with Gasteiger partial charge < -0.3 is 9.64 Å². The van der Waals surface area contributed by atoms with Crippen LogP contribution in [-0.2, 0) is 4.74 Å². The van der Waals surface area contributed by atoms with Gasteiger partial charge >= 0.3 is 5.97 Å². The van der Waals surface area contributed by atoms with Crippen LogP contribution in [0.3, 0.4) is 0 Å². The van der Waals surface area contributed by atoms with Gasteiger partial charge in [0, 0.05) is 37.7 Å². The van der Waals surface area contributed by atoms with Gasteiger partial charge in [-0.2, -0.15) is 0 Å². The standard InChI is InChI=1S/C19H20N2O2S/c22-19(17-5-4-16(24-17)15-3-1-2-6-20-15)23-18-13-7-12-8-14(18)11-21(9-12)10-13/h1-6,12-14,18H,7-11H2. The van der Waals surface area contributed by atoms with Crippen molar-refractivity contribution in [3.8, 4) is 10.6 Å². The molecule has 2 unspecified atom stereocenters. The predicted molar refractivity (Wildman–Crippen MR) is 92.9 cm³/mol. The zero-order valence-corrected chi connectivity index (χ0v) is 14.2. The van der Waals surface area contributed by atoms with E-state index in [-0.39, 0.29) is 12.1 Å². The third-order valence-corrected chi connectivity index (χ3v) is 6.76. The lowest BCUT2D eigenvalue weighted by atomic mass is 9.66. The second-order valence-corrected chi connectivity index (χ2v) is 8.41. The maximum atomic E-state index is 12.6. The molecule has 24 heavy (non-hydrogen) atoms. The Morgan fingerprint density at radius 1 is 1.12 bits per heavy atom. The molecule has 1 aliphatic carbocycles. The third-order valence-electron chi connectivity index (χ3n) is 5.67. The Balaban J connectivity index is 1.32. The van der Waals surface area contributed by atoms with Gasteiger partial charge in [-0.1, -0.05) is 6.07 Å². The van der Waals surface area contributed by atoms with E-state index in [2.05, 4.69) is 9.88 Å². The monoisotopic (exact) mass is 340 g/mol. The second-order valence-electron chi connectivity index (χ2n) is 7.32. The Morgan fingerprint density at radius 3 is 2.67 bits per heavy atom. The van der Waals surface area contributed by atoms with Crippen LogP contribution < -0.4 is 0 Å². The Morgan fingerprint density at radius 2 is 1.96 bits per heavy atom. The second kappa shape index (κ2) is 5.67. The number of ether oxygens (including phenoxy) is 1. The molecule has 3 saturated heterocycles. The first kappa shape index (κ1) is 14.6. The summed E-state index contributed by atoms with van der Waals surface area (Å²) in [5, 5.41) is 0. The minimum Gasteiger partial charge on any atom is -0.457 e. The zero-order chi connectivity index (χ0) is 16.1. The van der Waals surface area contributed by atoms with Gasteiger partial charge in [0.05, 0.1) is 10.6 Å². The molecule has 4 fully saturated rings. The molecular weight excluding hydrogens is 320 g/mol. The van der Waals surface area contributed by atoms with Crippen LogP contribution in [0.4, 0.5) is 0 Å². The molecule has 3 aliphatic heterocycles. The van der Waals surface area contributed by atoms with E-state index in [0.717, 1.165) is 29.6 Å². The van der Waals surface area contributed by atoms with Crippen LogP contribution in [0.1, 0.15) is 22.5 Å². The van der Waals surface area contributed by atoms with E-state index in [9.17, 15) is 4.79 Å². The Hall–Kier alpha value is -1.72. The topological polar surface area (TPSA) is 42.4 Å². The van der Waals surface area contributed by atoms with E-state index in [4.69, 9.17) is 4.74 Å². The molecule has 4 aliphatic rings. The van der Waals surface area contributed by atoms with Crippen LogP contribution in [0.15, 0.2) is 36.5 Å². The third kappa shape index (κ3) is 2.47. The quantitative estimate of drug-likeness (QED) is 0.804. The minimum absolute atomic E-state index is 0.116. The molecule has 0 aromatic carbocycles. The summed E-state index contributed by atoms with van der Waals surface area (Å²) in [4.78, 5) is 21.2. The number of carbonyl (C=O) groups excluding carboxylic acids is 1. The molecule has 2 aromatic rings. The van der Waals surface area contributed by atoms with Crippen molar-refractivity contribution in [2.75, 3.05) is 19.6 Å². The molecule has 0 spiro atoms. The number of esters is 1. The lowest BCUT2D eigenvalue weighted by molar-refractivity contribution is -0.116. The summed E-state index contributed by atoms with van der Waals surface area (Å²) in [6, 6.07) is 9.66. The average molecular weight is 340 g/mol. The molecule has 124 valence electrons. The van der Waals surface area contributed by atoms with E-state index >= 15 is 0 Å². The zero-order valence-electron chi connectivity index (χ0n) is 13.4. The highest BCUT2D eigenvalue weighted by atomic mass is 32.1. The van der Waals surface area contributed by atoms with Crippen LogP contribution in [0.5, 0.6) is 0 Å². The first-order valence-electron chi connectivity index (χ1n) is 8.71. The van der Waals surface area contributed by atoms with Gasteiger partial charge in [-0.15, -0.1) is 11.3 Å². The largest absolute Gasteiger partial charge is 0.457 e. The van der Waals surface area contributed by atoms with Gasteiger partial charge in [0.1, 0.15) is 11.0 Å². The summed E-state index contributed by atoms with van der Waals surface area (Å²) < 4.78 is 5.99. The van der Waals surface area contributed by atoms with Crippen molar-refractivity contribution in [3.05, 3.63) is 41.4 Å². The highest BCUT2D eigenvalue weighted by Gasteiger charge is 2.49. The SMILES string of the molecule is O=C(OC1C2CC3CC1CN(C3)C2)c1ccc(-c2ccccn2)s1. The molecule has 0 radical (unpaired) electrons. The Labute approximate surface area is 145 Å². The van der Waals surface area contributed by atoms with E-state index in [0.29, 0.717) is 16.7 Å². The molecule has 2 aromatic heterocycles. The Bertz CT molecular complexity index is 730. The molecule has 4 nitrogen and oxygen atoms in total. The minimum atomic E-state index is -0.158. The van der Waals surface area contributed by atoms with Gasteiger partial charge in [-0.05, 0) is 43.0 Å². The number of carbonyl (C=O) groups is 1. The first-order valence-corrected chi connectivity index (χ1v) is 9.52. The van der Waals surface area contributed by atoms with Crippen molar-refractivity contribution in [2.45, 2.75) is 18.9 Å². The van der Waals surface area contributed by atoms with Gasteiger partial charge in [-0.25, -0.2) is 4.79 Å². The van der Waals surface area contributed by atoms with Crippen LogP contribution in [0.2, 0.25) is 0 Å². The molecule has 5 heterocycles. The highest BCUT2D eigenvalue weighted by Crippen LogP contribution is 2.45. The van der Waals surface area contributed by atoms with Crippen molar-refractivity contribution in [1.29, 1.82) is 0 Å². The Kier molecular flexibility index (Phi) is 3.45.